The molecule has 1 saturated heterocycles. The van der Waals surface area contributed by atoms with Gasteiger partial charge in [0.25, 0.3) is 0 Å². The van der Waals surface area contributed by atoms with Crippen molar-refractivity contribution in [3.63, 3.8) is 0 Å². The van der Waals surface area contributed by atoms with Gasteiger partial charge in [0.05, 0.1) is 17.4 Å². The summed E-state index contributed by atoms with van der Waals surface area (Å²) in [6, 6.07) is 6.39. The van der Waals surface area contributed by atoms with Gasteiger partial charge >= 0.3 is 0 Å². The van der Waals surface area contributed by atoms with Gasteiger partial charge in [-0.15, -0.1) is 0 Å². The first-order chi connectivity index (χ1) is 14.2. The second kappa shape index (κ2) is 7.94. The molecule has 3 aromatic rings. The van der Waals surface area contributed by atoms with Crippen LogP contribution in [0.5, 0.6) is 5.88 Å². The number of anilines is 1. The van der Waals surface area contributed by atoms with Crippen LogP contribution >= 0.6 is 0 Å². The third-order valence-corrected chi connectivity index (χ3v) is 5.83. The quantitative estimate of drug-likeness (QED) is 0.653. The van der Waals surface area contributed by atoms with Crippen molar-refractivity contribution < 1.29 is 9.26 Å². The van der Waals surface area contributed by atoms with E-state index < -0.39 is 0 Å². The molecule has 0 N–H and O–H groups in total. The highest BCUT2D eigenvalue weighted by molar-refractivity contribution is 5.86. The maximum atomic E-state index is 6.22. The van der Waals surface area contributed by atoms with E-state index in [4.69, 9.17) is 9.26 Å². The van der Waals surface area contributed by atoms with Crippen molar-refractivity contribution in [1.82, 2.24) is 25.0 Å². The summed E-state index contributed by atoms with van der Waals surface area (Å²) in [6.07, 6.45) is 6.61. The van der Waals surface area contributed by atoms with E-state index in [9.17, 15) is 0 Å². The topological polar surface area (TPSA) is 80.4 Å². The van der Waals surface area contributed by atoms with Crippen LogP contribution in [0.2, 0.25) is 0 Å². The molecule has 3 heterocycles. The third-order valence-electron chi connectivity index (χ3n) is 5.83. The van der Waals surface area contributed by atoms with E-state index in [2.05, 4.69) is 48.1 Å². The Kier molecular flexibility index (Phi) is 5.01. The highest BCUT2D eigenvalue weighted by Gasteiger charge is 2.21. The van der Waals surface area contributed by atoms with Crippen molar-refractivity contribution in [3.05, 3.63) is 36.2 Å². The Bertz CT molecular complexity index is 976. The van der Waals surface area contributed by atoms with Crippen LogP contribution in [0.15, 0.2) is 29.0 Å². The summed E-state index contributed by atoms with van der Waals surface area (Å²) in [4.78, 5) is 17.9. The van der Waals surface area contributed by atoms with E-state index in [-0.39, 0.29) is 6.10 Å². The second-order valence-electron chi connectivity index (χ2n) is 7.90. The van der Waals surface area contributed by atoms with Crippen LogP contribution in [0.1, 0.15) is 37.4 Å². The molecule has 1 aliphatic carbocycles. The predicted molar refractivity (Wildman–Crippen MR) is 109 cm³/mol. The number of piperazine rings is 1. The minimum absolute atomic E-state index is 0.286. The number of benzene rings is 1. The summed E-state index contributed by atoms with van der Waals surface area (Å²) < 4.78 is 11.5. The molecule has 8 nitrogen and oxygen atoms in total. The van der Waals surface area contributed by atoms with Crippen LogP contribution in [0.4, 0.5) is 5.69 Å². The molecule has 2 fully saturated rings. The number of hydrogen-bond acceptors (Lipinski definition) is 8. The van der Waals surface area contributed by atoms with E-state index in [0.29, 0.717) is 24.1 Å². The fraction of sp³-hybridized carbons (Fsp3) is 0.524. The van der Waals surface area contributed by atoms with Crippen LogP contribution in [-0.4, -0.2) is 57.3 Å². The molecule has 0 radical (unpaired) electrons. The zero-order valence-electron chi connectivity index (χ0n) is 16.8. The average molecular weight is 394 g/mol. The molecule has 0 unspecified atom stereocenters. The summed E-state index contributed by atoms with van der Waals surface area (Å²) in [5.74, 6) is 2.09. The number of rotatable bonds is 5. The van der Waals surface area contributed by atoms with Gasteiger partial charge in [-0.3, -0.25) is 4.90 Å². The molecule has 2 aromatic heterocycles. The minimum atomic E-state index is 0.286. The SMILES string of the molecule is Cc1noc(CN2CCN(c3ccc4ncnc(OC5CCCC5)c4c3)CC2)n1. The second-order valence-corrected chi connectivity index (χ2v) is 7.90. The maximum absolute atomic E-state index is 6.22. The van der Waals surface area contributed by atoms with Crippen molar-refractivity contribution in [2.24, 2.45) is 0 Å². The smallest absolute Gasteiger partial charge is 0.240 e. The van der Waals surface area contributed by atoms with E-state index in [1.165, 1.54) is 18.5 Å². The molecular formula is C21H26N6O2. The van der Waals surface area contributed by atoms with Gasteiger partial charge in [-0.1, -0.05) is 5.16 Å². The van der Waals surface area contributed by atoms with E-state index in [1.807, 2.05) is 6.92 Å². The lowest BCUT2D eigenvalue weighted by Crippen LogP contribution is -2.46. The number of aryl methyl sites for hydroxylation is 1. The lowest BCUT2D eigenvalue weighted by atomic mass is 10.2. The van der Waals surface area contributed by atoms with Crippen LogP contribution in [0.25, 0.3) is 10.9 Å². The van der Waals surface area contributed by atoms with Gasteiger partial charge in [-0.25, -0.2) is 9.97 Å². The molecule has 1 saturated carbocycles. The first-order valence-electron chi connectivity index (χ1n) is 10.4. The van der Waals surface area contributed by atoms with E-state index >= 15 is 0 Å². The summed E-state index contributed by atoms with van der Waals surface area (Å²) in [7, 11) is 0. The normalized spacial score (nSPS) is 18.6. The van der Waals surface area contributed by atoms with Crippen molar-refractivity contribution in [2.45, 2.75) is 45.3 Å². The van der Waals surface area contributed by atoms with Gasteiger partial charge in [-0.2, -0.15) is 4.98 Å². The summed E-state index contributed by atoms with van der Waals surface area (Å²) >= 11 is 0. The zero-order chi connectivity index (χ0) is 19.6. The van der Waals surface area contributed by atoms with Gasteiger partial charge in [0.1, 0.15) is 12.4 Å². The Balaban J connectivity index is 1.29. The first-order valence-corrected chi connectivity index (χ1v) is 10.4. The average Bonchev–Trinajstić information content (AvgIpc) is 3.40. The number of ether oxygens (including phenoxy) is 1. The highest BCUT2D eigenvalue weighted by Crippen LogP contribution is 2.30. The summed E-state index contributed by atoms with van der Waals surface area (Å²) in [5, 5.41) is 4.87. The standard InChI is InChI=1S/C21H26N6O2/c1-15-24-20(29-25-15)13-26-8-10-27(11-9-26)16-6-7-19-18(12-16)21(23-14-22-19)28-17-4-2-3-5-17/h6-7,12,14,17H,2-5,8-11,13H2,1H3. The summed E-state index contributed by atoms with van der Waals surface area (Å²) in [6.45, 7) is 6.36. The van der Waals surface area contributed by atoms with Crippen LogP contribution < -0.4 is 9.64 Å². The van der Waals surface area contributed by atoms with Gasteiger partial charge in [-0.05, 0) is 50.8 Å². The van der Waals surface area contributed by atoms with Crippen molar-refractivity contribution in [3.8, 4) is 5.88 Å². The Hall–Kier alpha value is -2.74. The van der Waals surface area contributed by atoms with Gasteiger partial charge in [0, 0.05) is 31.9 Å². The molecular weight excluding hydrogens is 368 g/mol. The Morgan fingerprint density at radius 2 is 1.93 bits per heavy atom. The van der Waals surface area contributed by atoms with E-state index in [1.54, 1.807) is 6.33 Å². The van der Waals surface area contributed by atoms with Crippen LogP contribution in [0, 0.1) is 6.92 Å². The molecule has 29 heavy (non-hydrogen) atoms. The molecule has 1 aliphatic heterocycles. The lowest BCUT2D eigenvalue weighted by molar-refractivity contribution is 0.204. The summed E-state index contributed by atoms with van der Waals surface area (Å²) in [5.41, 5.74) is 2.12. The zero-order valence-corrected chi connectivity index (χ0v) is 16.8. The largest absolute Gasteiger partial charge is 0.474 e. The van der Waals surface area contributed by atoms with Crippen molar-refractivity contribution >= 4 is 16.6 Å². The number of nitrogens with zero attached hydrogens (tertiary/aromatic N) is 6. The first kappa shape index (κ1) is 18.3. The fourth-order valence-electron chi connectivity index (χ4n) is 4.24. The predicted octanol–water partition coefficient (Wildman–Crippen LogP) is 2.96. The van der Waals surface area contributed by atoms with Gasteiger partial charge < -0.3 is 14.2 Å². The fourth-order valence-corrected chi connectivity index (χ4v) is 4.24. The molecule has 152 valence electrons. The Morgan fingerprint density at radius 3 is 2.69 bits per heavy atom. The molecule has 0 atom stereocenters. The number of aromatic nitrogens is 4. The molecule has 5 rings (SSSR count). The number of hydrogen-bond donors (Lipinski definition) is 0. The molecule has 0 amide bonds. The highest BCUT2D eigenvalue weighted by atomic mass is 16.5. The Morgan fingerprint density at radius 1 is 1.10 bits per heavy atom. The van der Waals surface area contributed by atoms with Crippen molar-refractivity contribution in [1.29, 1.82) is 0 Å². The third kappa shape index (κ3) is 4.03. The number of fused-ring (bicyclic) bond motifs is 1. The van der Waals surface area contributed by atoms with Gasteiger partial charge in [0.2, 0.25) is 11.8 Å². The van der Waals surface area contributed by atoms with Crippen molar-refractivity contribution in [2.75, 3.05) is 31.1 Å². The van der Waals surface area contributed by atoms with Gasteiger partial charge in [0.15, 0.2) is 5.82 Å². The van der Waals surface area contributed by atoms with E-state index in [0.717, 1.165) is 49.9 Å². The Labute approximate surface area is 169 Å². The molecule has 8 heteroatoms. The monoisotopic (exact) mass is 394 g/mol. The molecule has 2 aliphatic rings. The van der Waals surface area contributed by atoms with Crippen LogP contribution in [0.3, 0.4) is 0 Å². The molecule has 1 aromatic carbocycles. The lowest BCUT2D eigenvalue weighted by Gasteiger charge is -2.35. The van der Waals surface area contributed by atoms with Crippen LogP contribution in [-0.2, 0) is 6.54 Å². The molecule has 0 bridgehead atoms. The molecule has 0 spiro atoms. The minimum Gasteiger partial charge on any atom is -0.474 e. The maximum Gasteiger partial charge on any atom is 0.240 e.